The molecule has 13 heavy (non-hydrogen) atoms. The predicted molar refractivity (Wildman–Crippen MR) is 47.9 cm³/mol. The summed E-state index contributed by atoms with van der Waals surface area (Å²) < 4.78 is 1.80. The molecule has 2 rings (SSSR count). The van der Waals surface area contributed by atoms with Gasteiger partial charge in [-0.1, -0.05) is 0 Å². The Morgan fingerprint density at radius 1 is 1.62 bits per heavy atom. The summed E-state index contributed by atoms with van der Waals surface area (Å²) in [6, 6.07) is 2.04. The van der Waals surface area contributed by atoms with E-state index >= 15 is 0 Å². The highest BCUT2D eigenvalue weighted by Crippen LogP contribution is 2.40. The third kappa shape index (κ3) is 0.978. The minimum atomic E-state index is -0.298. The van der Waals surface area contributed by atoms with Gasteiger partial charge >= 0.3 is 0 Å². The minimum Gasteiger partial charge on any atom is -0.346 e. The second-order valence-electron chi connectivity index (χ2n) is 4.01. The fourth-order valence-electron chi connectivity index (χ4n) is 1.66. The number of amides is 1. The van der Waals surface area contributed by atoms with E-state index in [1.807, 2.05) is 27.0 Å². The van der Waals surface area contributed by atoms with Crippen LogP contribution in [0, 0.1) is 5.41 Å². The quantitative estimate of drug-likeness (QED) is 0.642. The molecule has 0 aliphatic carbocycles. The van der Waals surface area contributed by atoms with E-state index in [9.17, 15) is 4.79 Å². The number of carbonyl (C=O) groups is 1. The van der Waals surface area contributed by atoms with Gasteiger partial charge in [0.25, 0.3) is 0 Å². The molecule has 0 radical (unpaired) electrons. The molecule has 1 aromatic heterocycles. The van der Waals surface area contributed by atoms with E-state index in [0.29, 0.717) is 0 Å². The molecular formula is C9H13N3O. The topological polar surface area (TPSA) is 46.9 Å². The highest BCUT2D eigenvalue weighted by Gasteiger charge is 2.49. The molecule has 1 aliphatic rings. The number of aromatic nitrogens is 2. The average Bonchev–Trinajstić information content (AvgIpc) is 2.47. The molecule has 2 heterocycles. The van der Waals surface area contributed by atoms with E-state index in [1.54, 1.807) is 10.9 Å². The summed E-state index contributed by atoms with van der Waals surface area (Å²) in [4.78, 5) is 11.2. The summed E-state index contributed by atoms with van der Waals surface area (Å²) >= 11 is 0. The number of aryl methyl sites for hydroxylation is 1. The molecule has 1 saturated heterocycles. The van der Waals surface area contributed by atoms with Gasteiger partial charge in [-0.15, -0.1) is 0 Å². The van der Waals surface area contributed by atoms with Crippen molar-refractivity contribution in [2.45, 2.75) is 19.9 Å². The second kappa shape index (κ2) is 2.34. The van der Waals surface area contributed by atoms with Crippen molar-refractivity contribution in [2.24, 2.45) is 12.5 Å². The van der Waals surface area contributed by atoms with Gasteiger partial charge in [-0.2, -0.15) is 5.10 Å². The van der Waals surface area contributed by atoms with Crippen LogP contribution in [0.4, 0.5) is 0 Å². The lowest BCUT2D eigenvalue weighted by atomic mass is 9.74. The number of hydrogen-bond donors (Lipinski definition) is 1. The zero-order valence-electron chi connectivity index (χ0n) is 8.03. The zero-order valence-corrected chi connectivity index (χ0v) is 8.03. The molecule has 70 valence electrons. The summed E-state index contributed by atoms with van der Waals surface area (Å²) in [5.74, 6) is 0.110. The van der Waals surface area contributed by atoms with Gasteiger partial charge in [0.15, 0.2) is 0 Å². The molecule has 1 fully saturated rings. The first-order valence-corrected chi connectivity index (χ1v) is 4.32. The highest BCUT2D eigenvalue weighted by molar-refractivity contribution is 5.89. The summed E-state index contributed by atoms with van der Waals surface area (Å²) in [7, 11) is 1.88. The Morgan fingerprint density at radius 3 is 2.69 bits per heavy atom. The first kappa shape index (κ1) is 8.29. The van der Waals surface area contributed by atoms with Crippen LogP contribution >= 0.6 is 0 Å². The van der Waals surface area contributed by atoms with Gasteiger partial charge < -0.3 is 5.32 Å². The molecule has 4 nitrogen and oxygen atoms in total. The molecule has 0 spiro atoms. The Labute approximate surface area is 76.9 Å². The zero-order chi connectivity index (χ0) is 9.64. The van der Waals surface area contributed by atoms with Crippen LogP contribution in [-0.4, -0.2) is 15.7 Å². The van der Waals surface area contributed by atoms with Crippen LogP contribution in [0.25, 0.3) is 0 Å². The smallest absolute Gasteiger partial charge is 0.228 e. The highest BCUT2D eigenvalue weighted by atomic mass is 16.2. The standard InChI is InChI=1S/C9H13N3O/c1-9(2)7(11-8(9)13)6-4-5-10-12(6)3/h4-5,7H,1-3H3,(H,11,13). The first-order valence-electron chi connectivity index (χ1n) is 4.32. The lowest BCUT2D eigenvalue weighted by Gasteiger charge is -2.43. The number of nitrogens with zero attached hydrogens (tertiary/aromatic N) is 2. The van der Waals surface area contributed by atoms with Crippen molar-refractivity contribution in [1.29, 1.82) is 0 Å². The molecule has 1 unspecified atom stereocenters. The molecule has 1 amide bonds. The maximum Gasteiger partial charge on any atom is 0.228 e. The number of carbonyl (C=O) groups excluding carboxylic acids is 1. The van der Waals surface area contributed by atoms with Crippen molar-refractivity contribution >= 4 is 5.91 Å². The van der Waals surface area contributed by atoms with Gasteiger partial charge in [0.1, 0.15) is 0 Å². The van der Waals surface area contributed by atoms with Crippen LogP contribution in [0.5, 0.6) is 0 Å². The fourth-order valence-corrected chi connectivity index (χ4v) is 1.66. The maximum atomic E-state index is 11.2. The van der Waals surface area contributed by atoms with E-state index < -0.39 is 0 Å². The molecule has 0 aromatic carbocycles. The molecule has 1 atom stereocenters. The fraction of sp³-hybridized carbons (Fsp3) is 0.556. The normalized spacial score (nSPS) is 25.2. The van der Waals surface area contributed by atoms with Crippen molar-refractivity contribution in [2.75, 3.05) is 0 Å². The van der Waals surface area contributed by atoms with Crippen molar-refractivity contribution in [3.63, 3.8) is 0 Å². The van der Waals surface area contributed by atoms with E-state index in [-0.39, 0.29) is 17.4 Å². The van der Waals surface area contributed by atoms with Gasteiger partial charge in [-0.05, 0) is 19.9 Å². The predicted octanol–water partition coefficient (Wildman–Crippen LogP) is 0.617. The number of nitrogens with one attached hydrogen (secondary N) is 1. The molecular weight excluding hydrogens is 166 g/mol. The number of rotatable bonds is 1. The Balaban J connectivity index is 2.31. The molecule has 1 aliphatic heterocycles. The van der Waals surface area contributed by atoms with E-state index in [0.717, 1.165) is 5.69 Å². The first-order chi connectivity index (χ1) is 6.03. The molecule has 1 aromatic rings. The third-order valence-corrected chi connectivity index (χ3v) is 2.74. The monoisotopic (exact) mass is 179 g/mol. The Bertz CT molecular complexity index is 353. The molecule has 4 heteroatoms. The minimum absolute atomic E-state index is 0.104. The third-order valence-electron chi connectivity index (χ3n) is 2.74. The lowest BCUT2D eigenvalue weighted by molar-refractivity contribution is -0.143. The van der Waals surface area contributed by atoms with Crippen LogP contribution in [0.15, 0.2) is 12.3 Å². The number of hydrogen-bond acceptors (Lipinski definition) is 2. The molecule has 0 saturated carbocycles. The van der Waals surface area contributed by atoms with E-state index in [1.165, 1.54) is 0 Å². The Hall–Kier alpha value is -1.32. The summed E-state index contributed by atoms with van der Waals surface area (Å²) in [6.45, 7) is 3.90. The lowest BCUT2D eigenvalue weighted by Crippen LogP contribution is -2.58. The van der Waals surface area contributed by atoms with Crippen LogP contribution < -0.4 is 5.32 Å². The molecule has 0 bridgehead atoms. The van der Waals surface area contributed by atoms with Gasteiger partial charge in [-0.25, -0.2) is 0 Å². The summed E-state index contributed by atoms with van der Waals surface area (Å²) in [5.41, 5.74) is 0.762. The van der Waals surface area contributed by atoms with Crippen LogP contribution in [-0.2, 0) is 11.8 Å². The van der Waals surface area contributed by atoms with Crippen LogP contribution in [0.2, 0.25) is 0 Å². The maximum absolute atomic E-state index is 11.2. The van der Waals surface area contributed by atoms with E-state index in [2.05, 4.69) is 10.4 Å². The SMILES string of the molecule is Cn1nccc1C1NC(=O)C1(C)C. The van der Waals surface area contributed by atoms with Crippen molar-refractivity contribution < 1.29 is 4.79 Å². The molecule has 1 N–H and O–H groups in total. The summed E-state index contributed by atoms with van der Waals surface area (Å²) in [5, 5.41) is 6.95. The average molecular weight is 179 g/mol. The van der Waals surface area contributed by atoms with Gasteiger partial charge in [-0.3, -0.25) is 9.48 Å². The second-order valence-corrected chi connectivity index (χ2v) is 4.01. The Kier molecular flexibility index (Phi) is 1.49. The Morgan fingerprint density at radius 2 is 2.31 bits per heavy atom. The van der Waals surface area contributed by atoms with Crippen molar-refractivity contribution in [1.82, 2.24) is 15.1 Å². The van der Waals surface area contributed by atoms with Crippen LogP contribution in [0.3, 0.4) is 0 Å². The number of β-lactam (4-membered cyclic amide) rings is 1. The van der Waals surface area contributed by atoms with Crippen molar-refractivity contribution in [3.05, 3.63) is 18.0 Å². The van der Waals surface area contributed by atoms with Crippen LogP contribution in [0.1, 0.15) is 25.6 Å². The largest absolute Gasteiger partial charge is 0.346 e. The van der Waals surface area contributed by atoms with Crippen molar-refractivity contribution in [3.8, 4) is 0 Å². The van der Waals surface area contributed by atoms with E-state index in [4.69, 9.17) is 0 Å². The summed E-state index contributed by atoms with van der Waals surface area (Å²) in [6.07, 6.45) is 1.75. The van der Waals surface area contributed by atoms with Gasteiger partial charge in [0.05, 0.1) is 17.2 Å². The van der Waals surface area contributed by atoms with Gasteiger partial charge in [0, 0.05) is 13.2 Å². The van der Waals surface area contributed by atoms with Gasteiger partial charge in [0.2, 0.25) is 5.91 Å².